The lowest BCUT2D eigenvalue weighted by atomic mass is 10.2. The van der Waals surface area contributed by atoms with Crippen LogP contribution < -0.4 is 4.90 Å². The SMILES string of the molecule is CN(C(=O)c1cn(CC(=O)O)nn1)c1ccccc1C#N. The molecule has 0 saturated heterocycles. The largest absolute Gasteiger partial charge is 0.480 e. The molecule has 0 radical (unpaired) electrons. The van der Waals surface area contributed by atoms with Gasteiger partial charge in [-0.25, -0.2) is 4.68 Å². The van der Waals surface area contributed by atoms with Crippen LogP contribution in [0.2, 0.25) is 0 Å². The van der Waals surface area contributed by atoms with Crippen LogP contribution in [0.25, 0.3) is 0 Å². The Kier molecular flexibility index (Phi) is 3.95. The molecule has 1 aromatic heterocycles. The van der Waals surface area contributed by atoms with Crippen molar-refractivity contribution in [2.45, 2.75) is 6.54 Å². The van der Waals surface area contributed by atoms with Crippen molar-refractivity contribution < 1.29 is 14.7 Å². The summed E-state index contributed by atoms with van der Waals surface area (Å²) in [6.45, 7) is -0.376. The third-order valence-electron chi connectivity index (χ3n) is 2.75. The first-order valence-electron chi connectivity index (χ1n) is 5.92. The number of anilines is 1. The maximum absolute atomic E-state index is 12.3. The minimum absolute atomic E-state index is 0.00601. The molecular formula is C13H11N5O3. The molecule has 0 aliphatic carbocycles. The van der Waals surface area contributed by atoms with Gasteiger partial charge in [-0.3, -0.25) is 9.59 Å². The lowest BCUT2D eigenvalue weighted by Gasteiger charge is -2.16. The highest BCUT2D eigenvalue weighted by Gasteiger charge is 2.19. The summed E-state index contributed by atoms with van der Waals surface area (Å²) in [6, 6.07) is 8.64. The number of benzene rings is 1. The molecular weight excluding hydrogens is 274 g/mol. The van der Waals surface area contributed by atoms with Crippen molar-refractivity contribution in [3.05, 3.63) is 41.7 Å². The van der Waals surface area contributed by atoms with Gasteiger partial charge in [-0.15, -0.1) is 5.10 Å². The first-order chi connectivity index (χ1) is 10.0. The summed E-state index contributed by atoms with van der Waals surface area (Å²) in [6.07, 6.45) is 1.25. The summed E-state index contributed by atoms with van der Waals surface area (Å²) in [7, 11) is 1.51. The van der Waals surface area contributed by atoms with E-state index < -0.39 is 11.9 Å². The average Bonchev–Trinajstić information content (AvgIpc) is 2.93. The summed E-state index contributed by atoms with van der Waals surface area (Å²) in [5, 5.41) is 24.9. The van der Waals surface area contributed by atoms with Crippen molar-refractivity contribution in [3.63, 3.8) is 0 Å². The normalized spacial score (nSPS) is 9.90. The second-order valence-corrected chi connectivity index (χ2v) is 4.19. The van der Waals surface area contributed by atoms with Crippen LogP contribution in [0, 0.1) is 11.3 Å². The maximum Gasteiger partial charge on any atom is 0.325 e. The lowest BCUT2D eigenvalue weighted by Crippen LogP contribution is -2.27. The van der Waals surface area contributed by atoms with E-state index in [0.29, 0.717) is 11.3 Å². The molecule has 0 aliphatic heterocycles. The van der Waals surface area contributed by atoms with Crippen LogP contribution in [0.3, 0.4) is 0 Å². The summed E-state index contributed by atoms with van der Waals surface area (Å²) in [5.74, 6) is -1.56. The molecule has 1 aromatic carbocycles. The van der Waals surface area contributed by atoms with E-state index >= 15 is 0 Å². The molecule has 0 aliphatic rings. The fourth-order valence-electron chi connectivity index (χ4n) is 1.75. The quantitative estimate of drug-likeness (QED) is 0.875. The zero-order valence-electron chi connectivity index (χ0n) is 11.1. The van der Waals surface area contributed by atoms with Crippen molar-refractivity contribution in [1.82, 2.24) is 15.0 Å². The molecule has 2 rings (SSSR count). The Balaban J connectivity index is 2.25. The summed E-state index contributed by atoms with van der Waals surface area (Å²) in [4.78, 5) is 24.1. The number of hydrogen-bond acceptors (Lipinski definition) is 5. The summed E-state index contributed by atoms with van der Waals surface area (Å²) < 4.78 is 1.06. The number of rotatable bonds is 4. The number of hydrogen-bond donors (Lipinski definition) is 1. The Morgan fingerprint density at radius 1 is 1.43 bits per heavy atom. The third-order valence-corrected chi connectivity index (χ3v) is 2.75. The first-order valence-corrected chi connectivity index (χ1v) is 5.92. The van der Waals surface area contributed by atoms with Crippen LogP contribution in [0.5, 0.6) is 0 Å². The number of carboxylic acids is 1. The highest BCUT2D eigenvalue weighted by atomic mass is 16.4. The van der Waals surface area contributed by atoms with E-state index in [1.165, 1.54) is 18.1 Å². The fraction of sp³-hybridized carbons (Fsp3) is 0.154. The Morgan fingerprint density at radius 2 is 2.14 bits per heavy atom. The van der Waals surface area contributed by atoms with E-state index in [2.05, 4.69) is 10.3 Å². The molecule has 0 bridgehead atoms. The van der Waals surface area contributed by atoms with Crippen molar-refractivity contribution in [3.8, 4) is 6.07 Å². The van der Waals surface area contributed by atoms with E-state index in [4.69, 9.17) is 10.4 Å². The zero-order chi connectivity index (χ0) is 15.4. The van der Waals surface area contributed by atoms with E-state index in [1.54, 1.807) is 24.3 Å². The molecule has 0 unspecified atom stereocenters. The molecule has 8 nitrogen and oxygen atoms in total. The highest BCUT2D eigenvalue weighted by Crippen LogP contribution is 2.19. The van der Waals surface area contributed by atoms with E-state index in [9.17, 15) is 9.59 Å². The fourth-order valence-corrected chi connectivity index (χ4v) is 1.75. The predicted octanol–water partition coefficient (Wildman–Crippen LogP) is 0.511. The van der Waals surface area contributed by atoms with Crippen molar-refractivity contribution in [2.24, 2.45) is 0 Å². The van der Waals surface area contributed by atoms with Gasteiger partial charge >= 0.3 is 5.97 Å². The molecule has 21 heavy (non-hydrogen) atoms. The number of nitriles is 1. The monoisotopic (exact) mass is 285 g/mol. The topological polar surface area (TPSA) is 112 Å². The molecule has 1 amide bonds. The number of carboxylic acid groups (broad SMARTS) is 1. The van der Waals surface area contributed by atoms with Gasteiger partial charge in [0.05, 0.1) is 17.4 Å². The molecule has 1 heterocycles. The number of amides is 1. The Labute approximate surface area is 119 Å². The second kappa shape index (κ2) is 5.83. The van der Waals surface area contributed by atoms with E-state index in [-0.39, 0.29) is 12.2 Å². The predicted molar refractivity (Wildman–Crippen MR) is 71.5 cm³/mol. The van der Waals surface area contributed by atoms with Gasteiger partial charge in [-0.05, 0) is 12.1 Å². The molecule has 1 N–H and O–H groups in total. The van der Waals surface area contributed by atoms with Gasteiger partial charge < -0.3 is 10.0 Å². The van der Waals surface area contributed by atoms with Crippen molar-refractivity contribution >= 4 is 17.6 Å². The Morgan fingerprint density at radius 3 is 2.81 bits per heavy atom. The van der Waals surface area contributed by atoms with Crippen molar-refractivity contribution in [2.75, 3.05) is 11.9 Å². The van der Waals surface area contributed by atoms with Gasteiger partial charge in [0.2, 0.25) is 0 Å². The summed E-state index contributed by atoms with van der Waals surface area (Å²) in [5.41, 5.74) is 0.801. The van der Waals surface area contributed by atoms with Crippen LogP contribution in [-0.4, -0.2) is 39.0 Å². The summed E-state index contributed by atoms with van der Waals surface area (Å²) >= 11 is 0. The number of carbonyl (C=O) groups excluding carboxylic acids is 1. The number of nitrogens with zero attached hydrogens (tertiary/aromatic N) is 5. The smallest absolute Gasteiger partial charge is 0.325 e. The molecule has 0 atom stereocenters. The van der Waals surface area contributed by atoms with Crippen molar-refractivity contribution in [1.29, 1.82) is 5.26 Å². The Hall–Kier alpha value is -3.21. The third kappa shape index (κ3) is 3.03. The molecule has 0 saturated carbocycles. The minimum atomic E-state index is -1.08. The number of aromatic nitrogens is 3. The van der Waals surface area contributed by atoms with Gasteiger partial charge in [0, 0.05) is 7.05 Å². The number of para-hydroxylation sites is 1. The van der Waals surface area contributed by atoms with Crippen LogP contribution in [0.4, 0.5) is 5.69 Å². The lowest BCUT2D eigenvalue weighted by molar-refractivity contribution is -0.137. The molecule has 0 spiro atoms. The Bertz CT molecular complexity index is 731. The first kappa shape index (κ1) is 14.2. The van der Waals surface area contributed by atoms with E-state index in [0.717, 1.165) is 4.68 Å². The second-order valence-electron chi connectivity index (χ2n) is 4.19. The van der Waals surface area contributed by atoms with Crippen LogP contribution in [0.15, 0.2) is 30.5 Å². The van der Waals surface area contributed by atoms with Gasteiger partial charge in [0.1, 0.15) is 12.6 Å². The minimum Gasteiger partial charge on any atom is -0.480 e. The van der Waals surface area contributed by atoms with Crippen LogP contribution in [0.1, 0.15) is 16.1 Å². The maximum atomic E-state index is 12.3. The number of carbonyl (C=O) groups is 2. The van der Waals surface area contributed by atoms with Gasteiger partial charge in [-0.2, -0.15) is 5.26 Å². The molecule has 8 heteroatoms. The molecule has 0 fully saturated rings. The van der Waals surface area contributed by atoms with E-state index in [1.807, 2.05) is 6.07 Å². The number of aliphatic carboxylic acids is 1. The zero-order valence-corrected chi connectivity index (χ0v) is 11.1. The average molecular weight is 285 g/mol. The van der Waals surface area contributed by atoms with Gasteiger partial charge in [-0.1, -0.05) is 17.3 Å². The van der Waals surface area contributed by atoms with Gasteiger partial charge in [0.15, 0.2) is 5.69 Å². The highest BCUT2D eigenvalue weighted by molar-refractivity contribution is 6.04. The molecule has 2 aromatic rings. The molecule has 106 valence electrons. The van der Waals surface area contributed by atoms with Crippen LogP contribution in [-0.2, 0) is 11.3 Å². The standard InChI is InChI=1S/C13H11N5O3/c1-17(11-5-3-2-4-9(11)6-14)13(21)10-7-18(16-15-10)8-12(19)20/h2-5,7H,8H2,1H3,(H,19,20). The van der Waals surface area contributed by atoms with Gasteiger partial charge in [0.25, 0.3) is 5.91 Å². The van der Waals surface area contributed by atoms with Crippen LogP contribution >= 0.6 is 0 Å².